The Morgan fingerprint density at radius 2 is 2.11 bits per heavy atom. The maximum Gasteiger partial charge on any atom is 0.150 e. The summed E-state index contributed by atoms with van der Waals surface area (Å²) < 4.78 is 27.0. The molecule has 0 bridgehead atoms. The second-order valence-electron chi connectivity index (χ2n) is 3.65. The molecule has 3 nitrogen and oxygen atoms in total. The van der Waals surface area contributed by atoms with Gasteiger partial charge in [0.15, 0.2) is 5.82 Å². The van der Waals surface area contributed by atoms with E-state index in [0.29, 0.717) is 11.3 Å². The van der Waals surface area contributed by atoms with Crippen molar-refractivity contribution in [2.45, 2.75) is 0 Å². The summed E-state index contributed by atoms with van der Waals surface area (Å²) in [5, 5.41) is 2.80. The van der Waals surface area contributed by atoms with E-state index in [1.807, 2.05) is 0 Å². The first-order valence-electron chi connectivity index (χ1n) is 5.14. The van der Waals surface area contributed by atoms with Crippen molar-refractivity contribution in [2.75, 3.05) is 5.32 Å². The number of nitrogens with zero attached hydrogens (tertiary/aromatic N) is 1. The van der Waals surface area contributed by atoms with Crippen LogP contribution in [-0.2, 0) is 0 Å². The highest BCUT2D eigenvalue weighted by atomic mass is 79.9. The minimum atomic E-state index is -0.732. The molecule has 1 heterocycles. The van der Waals surface area contributed by atoms with Crippen molar-refractivity contribution in [3.05, 3.63) is 52.3 Å². The van der Waals surface area contributed by atoms with Crippen LogP contribution < -0.4 is 11.1 Å². The van der Waals surface area contributed by atoms with Gasteiger partial charge >= 0.3 is 0 Å². The van der Waals surface area contributed by atoms with Crippen LogP contribution in [0.5, 0.6) is 0 Å². The maximum absolute atomic E-state index is 13.7. The Morgan fingerprint density at radius 3 is 2.74 bits per heavy atom. The fourth-order valence-corrected chi connectivity index (χ4v) is 2.19. The number of aromatic nitrogens is 1. The standard InChI is InChI=1S/C12H8BrF2N3S/c13-8-3-6(14)4-9(15)11(8)18-10-5-17-2-1-7(10)12(16)19/h1-5,18H,(H2,16,19). The minimum Gasteiger partial charge on any atom is -0.389 e. The Bertz CT molecular complexity index is 626. The smallest absolute Gasteiger partial charge is 0.150 e. The lowest BCUT2D eigenvalue weighted by molar-refractivity contribution is 0.584. The zero-order valence-electron chi connectivity index (χ0n) is 9.45. The van der Waals surface area contributed by atoms with E-state index in [0.717, 1.165) is 12.1 Å². The molecule has 3 N–H and O–H groups in total. The molecule has 0 aliphatic carbocycles. The molecule has 0 saturated carbocycles. The Morgan fingerprint density at radius 1 is 1.37 bits per heavy atom. The van der Waals surface area contributed by atoms with E-state index in [4.69, 9.17) is 18.0 Å². The van der Waals surface area contributed by atoms with E-state index in [1.165, 1.54) is 12.4 Å². The Labute approximate surface area is 122 Å². The number of rotatable bonds is 3. The summed E-state index contributed by atoms with van der Waals surface area (Å²) in [6, 6.07) is 3.55. The van der Waals surface area contributed by atoms with Gasteiger partial charge in [-0.15, -0.1) is 0 Å². The van der Waals surface area contributed by atoms with E-state index in [1.54, 1.807) is 6.07 Å². The number of halogens is 3. The second-order valence-corrected chi connectivity index (χ2v) is 4.95. The minimum absolute atomic E-state index is 0.0897. The Balaban J connectivity index is 2.45. The van der Waals surface area contributed by atoms with Crippen LogP contribution in [0.2, 0.25) is 0 Å². The third-order valence-electron chi connectivity index (χ3n) is 2.35. The van der Waals surface area contributed by atoms with Crippen LogP contribution in [0.15, 0.2) is 35.1 Å². The van der Waals surface area contributed by atoms with Crippen molar-refractivity contribution >= 4 is 44.5 Å². The van der Waals surface area contributed by atoms with Gasteiger partial charge in [0, 0.05) is 22.3 Å². The first-order chi connectivity index (χ1) is 8.99. The van der Waals surface area contributed by atoms with E-state index in [-0.39, 0.29) is 15.1 Å². The molecule has 1 aromatic heterocycles. The van der Waals surface area contributed by atoms with Crippen molar-refractivity contribution in [1.82, 2.24) is 4.98 Å². The monoisotopic (exact) mass is 343 g/mol. The summed E-state index contributed by atoms with van der Waals surface area (Å²) >= 11 is 7.99. The number of anilines is 2. The zero-order chi connectivity index (χ0) is 14.0. The van der Waals surface area contributed by atoms with Gasteiger partial charge < -0.3 is 11.1 Å². The van der Waals surface area contributed by atoms with Gasteiger partial charge in [-0.25, -0.2) is 8.78 Å². The summed E-state index contributed by atoms with van der Waals surface area (Å²) in [4.78, 5) is 4.07. The van der Waals surface area contributed by atoms with Crippen LogP contribution in [-0.4, -0.2) is 9.97 Å². The summed E-state index contributed by atoms with van der Waals surface area (Å²) in [6.45, 7) is 0. The Kier molecular flexibility index (Phi) is 4.06. The average Bonchev–Trinajstić information content (AvgIpc) is 2.34. The molecule has 0 radical (unpaired) electrons. The maximum atomic E-state index is 13.7. The van der Waals surface area contributed by atoms with Crippen molar-refractivity contribution < 1.29 is 8.78 Å². The molecule has 19 heavy (non-hydrogen) atoms. The van der Waals surface area contributed by atoms with Crippen LogP contribution in [0.4, 0.5) is 20.2 Å². The molecular weight excluding hydrogens is 336 g/mol. The number of pyridine rings is 1. The highest BCUT2D eigenvalue weighted by Crippen LogP contribution is 2.30. The Hall–Kier alpha value is -1.60. The van der Waals surface area contributed by atoms with E-state index in [2.05, 4.69) is 26.2 Å². The molecule has 0 unspecified atom stereocenters. The lowest BCUT2D eigenvalue weighted by Gasteiger charge is -2.12. The van der Waals surface area contributed by atoms with Crippen molar-refractivity contribution in [3.63, 3.8) is 0 Å². The van der Waals surface area contributed by atoms with E-state index >= 15 is 0 Å². The number of hydrogen-bond donors (Lipinski definition) is 2. The van der Waals surface area contributed by atoms with Crippen LogP contribution in [0.1, 0.15) is 5.56 Å². The molecule has 0 aliphatic rings. The molecule has 0 amide bonds. The molecule has 2 aromatic rings. The van der Waals surface area contributed by atoms with Crippen LogP contribution >= 0.6 is 28.1 Å². The summed E-state index contributed by atoms with van der Waals surface area (Å²) in [5.41, 5.74) is 6.63. The summed E-state index contributed by atoms with van der Waals surface area (Å²) in [7, 11) is 0. The van der Waals surface area contributed by atoms with Crippen LogP contribution in [0, 0.1) is 11.6 Å². The first-order valence-corrected chi connectivity index (χ1v) is 6.34. The summed E-state index contributed by atoms with van der Waals surface area (Å²) in [5.74, 6) is -1.40. The third kappa shape index (κ3) is 3.05. The fraction of sp³-hybridized carbons (Fsp3) is 0. The zero-order valence-corrected chi connectivity index (χ0v) is 11.9. The van der Waals surface area contributed by atoms with Gasteiger partial charge in [0.05, 0.1) is 17.6 Å². The largest absolute Gasteiger partial charge is 0.389 e. The van der Waals surface area contributed by atoms with Crippen LogP contribution in [0.25, 0.3) is 0 Å². The lowest BCUT2D eigenvalue weighted by atomic mass is 10.2. The van der Waals surface area contributed by atoms with Gasteiger partial charge in [-0.1, -0.05) is 12.2 Å². The molecule has 0 spiro atoms. The lowest BCUT2D eigenvalue weighted by Crippen LogP contribution is -2.12. The summed E-state index contributed by atoms with van der Waals surface area (Å²) in [6.07, 6.45) is 2.99. The van der Waals surface area contributed by atoms with Gasteiger partial charge in [0.1, 0.15) is 10.8 Å². The fourth-order valence-electron chi connectivity index (χ4n) is 1.51. The van der Waals surface area contributed by atoms with Gasteiger partial charge in [-0.3, -0.25) is 4.98 Å². The normalized spacial score (nSPS) is 10.3. The van der Waals surface area contributed by atoms with Crippen LogP contribution in [0.3, 0.4) is 0 Å². The number of hydrogen-bond acceptors (Lipinski definition) is 3. The highest BCUT2D eigenvalue weighted by Gasteiger charge is 2.12. The molecule has 1 aromatic carbocycles. The molecule has 0 atom stereocenters. The van der Waals surface area contributed by atoms with Crippen molar-refractivity contribution in [3.8, 4) is 0 Å². The van der Waals surface area contributed by atoms with Gasteiger partial charge in [0.25, 0.3) is 0 Å². The number of nitrogens with two attached hydrogens (primary N) is 1. The van der Waals surface area contributed by atoms with Gasteiger partial charge in [-0.05, 0) is 28.1 Å². The SMILES string of the molecule is NC(=S)c1ccncc1Nc1c(F)cc(F)cc1Br. The molecule has 7 heteroatoms. The molecule has 2 rings (SSSR count). The number of nitrogens with one attached hydrogen (secondary N) is 1. The van der Waals surface area contributed by atoms with E-state index < -0.39 is 11.6 Å². The predicted molar refractivity (Wildman–Crippen MR) is 77.5 cm³/mol. The predicted octanol–water partition coefficient (Wildman–Crippen LogP) is 3.50. The van der Waals surface area contributed by atoms with Crippen molar-refractivity contribution in [1.29, 1.82) is 0 Å². The quantitative estimate of drug-likeness (QED) is 0.837. The second kappa shape index (κ2) is 5.58. The molecular formula is C12H8BrF2N3S. The number of benzene rings is 1. The molecule has 0 saturated heterocycles. The number of thiocarbonyl (C=S) groups is 1. The van der Waals surface area contributed by atoms with Gasteiger partial charge in [-0.2, -0.15) is 0 Å². The average molecular weight is 344 g/mol. The molecule has 0 aliphatic heterocycles. The van der Waals surface area contributed by atoms with E-state index in [9.17, 15) is 8.78 Å². The third-order valence-corrected chi connectivity index (χ3v) is 3.20. The molecule has 0 fully saturated rings. The molecule has 98 valence electrons. The first kappa shape index (κ1) is 13.8. The van der Waals surface area contributed by atoms with Gasteiger partial charge in [0.2, 0.25) is 0 Å². The highest BCUT2D eigenvalue weighted by molar-refractivity contribution is 9.10. The topological polar surface area (TPSA) is 50.9 Å². The van der Waals surface area contributed by atoms with Crippen molar-refractivity contribution in [2.24, 2.45) is 5.73 Å².